The van der Waals surface area contributed by atoms with Crippen LogP contribution in [-0.4, -0.2) is 32.7 Å². The predicted molar refractivity (Wildman–Crippen MR) is 111 cm³/mol. The fourth-order valence-electron chi connectivity index (χ4n) is 3.48. The second kappa shape index (κ2) is 10.2. The van der Waals surface area contributed by atoms with E-state index in [9.17, 15) is 13.5 Å². The summed E-state index contributed by atoms with van der Waals surface area (Å²) in [6.45, 7) is 4.87. The maximum absolute atomic E-state index is 12.8. The number of hydrogen-bond donors (Lipinski definition) is 3. The zero-order valence-corrected chi connectivity index (χ0v) is 17.1. The lowest BCUT2D eigenvalue weighted by Crippen LogP contribution is -2.36. The highest BCUT2D eigenvalue weighted by Gasteiger charge is 2.21. The molecule has 0 saturated heterocycles. The van der Waals surface area contributed by atoms with Gasteiger partial charge in [-0.1, -0.05) is 44.2 Å². The molecule has 2 aromatic carbocycles. The lowest BCUT2D eigenvalue weighted by atomic mass is 9.91. The number of nitrogens with one attached hydrogen (secondary N) is 1. The first-order valence-electron chi connectivity index (χ1n) is 9.67. The Kier molecular flexibility index (Phi) is 8.23. The van der Waals surface area contributed by atoms with Gasteiger partial charge in [-0.05, 0) is 67.0 Å². The molecule has 0 bridgehead atoms. The van der Waals surface area contributed by atoms with Crippen LogP contribution in [-0.2, 0) is 10.0 Å². The van der Waals surface area contributed by atoms with Gasteiger partial charge in [-0.3, -0.25) is 0 Å². The summed E-state index contributed by atoms with van der Waals surface area (Å²) in [5.74, 6) is 0.931. The molecule has 0 aliphatic carbocycles. The van der Waals surface area contributed by atoms with Gasteiger partial charge in [0.2, 0.25) is 10.0 Å². The van der Waals surface area contributed by atoms with Crippen molar-refractivity contribution >= 4 is 20.8 Å². The third kappa shape index (κ3) is 6.57. The summed E-state index contributed by atoms with van der Waals surface area (Å²) in [6.07, 6.45) is 2.94. The van der Waals surface area contributed by atoms with E-state index in [1.54, 1.807) is 12.1 Å². The van der Waals surface area contributed by atoms with Crippen molar-refractivity contribution in [3.63, 3.8) is 0 Å². The molecule has 0 aromatic heterocycles. The smallest absolute Gasteiger partial charge is 0.240 e. The third-order valence-electron chi connectivity index (χ3n) is 4.89. The zero-order chi connectivity index (χ0) is 19.9. The van der Waals surface area contributed by atoms with E-state index >= 15 is 0 Å². The van der Waals surface area contributed by atoms with E-state index in [4.69, 9.17) is 5.73 Å². The van der Waals surface area contributed by atoms with Crippen LogP contribution in [0.2, 0.25) is 0 Å². The molecular weight excluding hydrogens is 360 g/mol. The quantitative estimate of drug-likeness (QED) is 0.547. The van der Waals surface area contributed by atoms with Crippen LogP contribution in [0.5, 0.6) is 0 Å². The molecule has 2 unspecified atom stereocenters. The standard InChI is InChI=1S/C21H32N2O3S/c1-16(2)13-17(15-22)7-9-20(11-12-24)23-27(25,26)21-10-8-18-5-3-4-6-19(18)14-21/h3-6,8,10,14,16-17,20,23-24H,7,9,11-13,15,22H2,1-2H3. The number of benzene rings is 2. The molecule has 0 fully saturated rings. The van der Waals surface area contributed by atoms with E-state index in [0.717, 1.165) is 23.6 Å². The Hall–Kier alpha value is -1.47. The van der Waals surface area contributed by atoms with Gasteiger partial charge in [-0.25, -0.2) is 13.1 Å². The maximum Gasteiger partial charge on any atom is 0.240 e. The van der Waals surface area contributed by atoms with Gasteiger partial charge < -0.3 is 10.8 Å². The Morgan fingerprint density at radius 1 is 1.04 bits per heavy atom. The topological polar surface area (TPSA) is 92.4 Å². The van der Waals surface area contributed by atoms with Crippen molar-refractivity contribution in [2.75, 3.05) is 13.2 Å². The number of fused-ring (bicyclic) bond motifs is 1. The minimum Gasteiger partial charge on any atom is -0.396 e. The molecule has 2 rings (SSSR count). The summed E-state index contributed by atoms with van der Waals surface area (Å²) in [5, 5.41) is 11.2. The number of nitrogens with two attached hydrogens (primary N) is 1. The van der Waals surface area contributed by atoms with Crippen LogP contribution in [0.4, 0.5) is 0 Å². The van der Waals surface area contributed by atoms with Crippen molar-refractivity contribution in [3.05, 3.63) is 42.5 Å². The molecule has 0 saturated carbocycles. The molecule has 0 spiro atoms. The lowest BCUT2D eigenvalue weighted by Gasteiger charge is -2.22. The van der Waals surface area contributed by atoms with Crippen LogP contribution in [0, 0.1) is 11.8 Å². The van der Waals surface area contributed by atoms with Crippen LogP contribution >= 0.6 is 0 Å². The molecule has 4 N–H and O–H groups in total. The Balaban J connectivity index is 2.10. The van der Waals surface area contributed by atoms with Crippen molar-refractivity contribution in [1.82, 2.24) is 4.72 Å². The SMILES string of the molecule is CC(C)CC(CN)CCC(CCO)NS(=O)(=O)c1ccc2ccccc2c1. The van der Waals surface area contributed by atoms with Gasteiger partial charge in [0.1, 0.15) is 0 Å². The summed E-state index contributed by atoms with van der Waals surface area (Å²) in [7, 11) is -3.64. The Morgan fingerprint density at radius 2 is 1.74 bits per heavy atom. The minimum atomic E-state index is -3.64. The van der Waals surface area contributed by atoms with E-state index in [-0.39, 0.29) is 17.5 Å². The molecule has 27 heavy (non-hydrogen) atoms. The molecular formula is C21H32N2O3S. The maximum atomic E-state index is 12.8. The molecule has 150 valence electrons. The van der Waals surface area contributed by atoms with Gasteiger partial charge in [0, 0.05) is 12.6 Å². The summed E-state index contributed by atoms with van der Waals surface area (Å²) in [5.41, 5.74) is 5.86. The van der Waals surface area contributed by atoms with Gasteiger partial charge >= 0.3 is 0 Å². The summed E-state index contributed by atoms with van der Waals surface area (Å²) < 4.78 is 28.5. The largest absolute Gasteiger partial charge is 0.396 e. The highest BCUT2D eigenvalue weighted by Crippen LogP contribution is 2.21. The molecule has 2 atom stereocenters. The molecule has 5 nitrogen and oxygen atoms in total. The van der Waals surface area contributed by atoms with E-state index < -0.39 is 10.0 Å². The minimum absolute atomic E-state index is 0.0532. The zero-order valence-electron chi connectivity index (χ0n) is 16.3. The van der Waals surface area contributed by atoms with Crippen molar-refractivity contribution < 1.29 is 13.5 Å². The van der Waals surface area contributed by atoms with Crippen LogP contribution in [0.25, 0.3) is 10.8 Å². The molecule has 0 radical (unpaired) electrons. The number of aliphatic hydroxyl groups excluding tert-OH is 1. The monoisotopic (exact) mass is 392 g/mol. The van der Waals surface area contributed by atoms with Gasteiger partial charge in [0.05, 0.1) is 4.90 Å². The van der Waals surface area contributed by atoms with Gasteiger partial charge in [-0.15, -0.1) is 0 Å². The first-order chi connectivity index (χ1) is 12.9. The average Bonchev–Trinajstić information content (AvgIpc) is 2.64. The van der Waals surface area contributed by atoms with Gasteiger partial charge in [0.25, 0.3) is 0 Å². The highest BCUT2D eigenvalue weighted by atomic mass is 32.2. The molecule has 2 aromatic rings. The van der Waals surface area contributed by atoms with Crippen molar-refractivity contribution in [3.8, 4) is 0 Å². The fourth-order valence-corrected chi connectivity index (χ4v) is 4.82. The first kappa shape index (κ1) is 21.8. The molecule has 0 amide bonds. The number of hydrogen-bond acceptors (Lipinski definition) is 4. The van der Waals surface area contributed by atoms with Crippen molar-refractivity contribution in [2.24, 2.45) is 17.6 Å². The molecule has 0 aliphatic rings. The van der Waals surface area contributed by atoms with Crippen molar-refractivity contribution in [1.29, 1.82) is 0 Å². The second-order valence-electron chi connectivity index (χ2n) is 7.65. The van der Waals surface area contributed by atoms with Crippen LogP contribution in [0.3, 0.4) is 0 Å². The Morgan fingerprint density at radius 3 is 2.37 bits per heavy atom. The van der Waals surface area contributed by atoms with Gasteiger partial charge in [0.15, 0.2) is 0 Å². The van der Waals surface area contributed by atoms with Crippen LogP contribution in [0.1, 0.15) is 39.5 Å². The van der Waals surface area contributed by atoms with E-state index in [1.165, 1.54) is 0 Å². The van der Waals surface area contributed by atoms with E-state index in [0.29, 0.717) is 31.2 Å². The lowest BCUT2D eigenvalue weighted by molar-refractivity contribution is 0.261. The first-order valence-corrected chi connectivity index (χ1v) is 11.2. The molecule has 0 aliphatic heterocycles. The summed E-state index contributed by atoms with van der Waals surface area (Å²) >= 11 is 0. The number of rotatable bonds is 11. The normalized spacial score (nSPS) is 14.6. The van der Waals surface area contributed by atoms with Gasteiger partial charge in [-0.2, -0.15) is 0 Å². The molecule has 0 heterocycles. The Bertz CT molecular complexity index is 821. The van der Waals surface area contributed by atoms with Crippen LogP contribution in [0.15, 0.2) is 47.4 Å². The van der Waals surface area contributed by atoms with Crippen molar-refractivity contribution in [2.45, 2.75) is 50.5 Å². The summed E-state index contributed by atoms with van der Waals surface area (Å²) in [6, 6.07) is 12.5. The van der Waals surface area contributed by atoms with E-state index in [1.807, 2.05) is 30.3 Å². The second-order valence-corrected chi connectivity index (χ2v) is 9.36. The summed E-state index contributed by atoms with van der Waals surface area (Å²) in [4.78, 5) is 0.252. The average molecular weight is 393 g/mol. The number of sulfonamides is 1. The Labute approximate surface area is 163 Å². The highest BCUT2D eigenvalue weighted by molar-refractivity contribution is 7.89. The molecule has 6 heteroatoms. The predicted octanol–water partition coefficient (Wildman–Crippen LogP) is 3.27. The number of aliphatic hydroxyl groups is 1. The fraction of sp³-hybridized carbons (Fsp3) is 0.524. The van der Waals surface area contributed by atoms with Crippen LogP contribution < -0.4 is 10.5 Å². The third-order valence-corrected chi connectivity index (χ3v) is 6.41. The van der Waals surface area contributed by atoms with E-state index in [2.05, 4.69) is 18.6 Å².